The zero-order valence-corrected chi connectivity index (χ0v) is 12.8. The van der Waals surface area contributed by atoms with Gasteiger partial charge in [0.2, 0.25) is 0 Å². The van der Waals surface area contributed by atoms with Crippen molar-refractivity contribution in [2.45, 2.75) is 38.5 Å². The molecule has 21 heavy (non-hydrogen) atoms. The highest BCUT2D eigenvalue weighted by molar-refractivity contribution is 5.98. The summed E-state index contributed by atoms with van der Waals surface area (Å²) >= 11 is 0. The van der Waals surface area contributed by atoms with E-state index in [1.165, 1.54) is 0 Å². The molecular formula is C20H22O. The molecule has 108 valence electrons. The number of hydrogen-bond donors (Lipinski definition) is 0. The zero-order valence-electron chi connectivity index (χ0n) is 12.8. The van der Waals surface area contributed by atoms with Gasteiger partial charge in [-0.3, -0.25) is 4.79 Å². The van der Waals surface area contributed by atoms with Crippen LogP contribution in [0.25, 0.3) is 0 Å². The van der Waals surface area contributed by atoms with Crippen LogP contribution in [-0.2, 0) is 10.2 Å². The van der Waals surface area contributed by atoms with E-state index in [2.05, 4.69) is 38.1 Å². The van der Waals surface area contributed by atoms with Crippen molar-refractivity contribution in [2.75, 3.05) is 0 Å². The molecule has 0 radical (unpaired) electrons. The lowest BCUT2D eigenvalue weighted by molar-refractivity contribution is -0.134. The second kappa shape index (κ2) is 5.14. The molecule has 1 heteroatoms. The largest absolute Gasteiger partial charge is 0.298 e. The molecule has 0 aromatic heterocycles. The van der Waals surface area contributed by atoms with Gasteiger partial charge >= 0.3 is 0 Å². The van der Waals surface area contributed by atoms with Crippen molar-refractivity contribution in [3.8, 4) is 0 Å². The average molecular weight is 278 g/mol. The summed E-state index contributed by atoms with van der Waals surface area (Å²) in [5, 5.41) is 0. The van der Waals surface area contributed by atoms with E-state index in [0.717, 1.165) is 30.4 Å². The van der Waals surface area contributed by atoms with Gasteiger partial charge in [-0.2, -0.15) is 0 Å². The summed E-state index contributed by atoms with van der Waals surface area (Å²) in [7, 11) is 0. The van der Waals surface area contributed by atoms with Gasteiger partial charge in [0.1, 0.15) is 0 Å². The van der Waals surface area contributed by atoms with Gasteiger partial charge in [-0.05, 0) is 24.0 Å². The number of Topliss-reactive ketones (excluding diaryl/α,β-unsaturated/α-hetero) is 1. The highest BCUT2D eigenvalue weighted by Gasteiger charge is 2.50. The summed E-state index contributed by atoms with van der Waals surface area (Å²) in [5.74, 6) is 0.360. The first-order valence-corrected chi connectivity index (χ1v) is 7.73. The highest BCUT2D eigenvalue weighted by atomic mass is 16.1. The lowest BCUT2D eigenvalue weighted by Crippen LogP contribution is -2.48. The fourth-order valence-corrected chi connectivity index (χ4v) is 3.76. The molecule has 0 aliphatic heterocycles. The van der Waals surface area contributed by atoms with Crippen molar-refractivity contribution in [1.29, 1.82) is 0 Å². The number of carbonyl (C=O) groups excluding carboxylic acids is 1. The van der Waals surface area contributed by atoms with Gasteiger partial charge in [0.25, 0.3) is 0 Å². The maximum Gasteiger partial charge on any atom is 0.153 e. The van der Waals surface area contributed by atoms with Crippen LogP contribution in [0.2, 0.25) is 0 Å². The maximum atomic E-state index is 13.4. The van der Waals surface area contributed by atoms with Crippen molar-refractivity contribution in [1.82, 2.24) is 0 Å². The number of rotatable bonds is 2. The molecular weight excluding hydrogens is 256 g/mol. The van der Waals surface area contributed by atoms with Gasteiger partial charge in [-0.15, -0.1) is 0 Å². The summed E-state index contributed by atoms with van der Waals surface area (Å²) in [4.78, 5) is 13.4. The Morgan fingerprint density at radius 2 is 1.24 bits per heavy atom. The number of carbonyl (C=O) groups is 1. The molecule has 1 nitrogen and oxygen atoms in total. The van der Waals surface area contributed by atoms with E-state index in [9.17, 15) is 4.79 Å². The van der Waals surface area contributed by atoms with Gasteiger partial charge < -0.3 is 0 Å². The molecule has 0 heterocycles. The van der Waals surface area contributed by atoms with Gasteiger partial charge in [0.15, 0.2) is 5.78 Å². The number of hydrogen-bond acceptors (Lipinski definition) is 1. The monoisotopic (exact) mass is 278 g/mol. The molecule has 0 N–H and O–H groups in total. The average Bonchev–Trinajstić information content (AvgIpc) is 2.52. The second-order valence-electron chi connectivity index (χ2n) is 6.70. The van der Waals surface area contributed by atoms with Crippen molar-refractivity contribution >= 4 is 5.78 Å². The fourth-order valence-electron chi connectivity index (χ4n) is 3.76. The van der Waals surface area contributed by atoms with E-state index in [1.807, 2.05) is 36.4 Å². The van der Waals surface area contributed by atoms with Crippen molar-refractivity contribution in [3.05, 3.63) is 71.8 Å². The first kappa shape index (κ1) is 14.1. The molecule has 0 saturated heterocycles. The van der Waals surface area contributed by atoms with Crippen molar-refractivity contribution < 1.29 is 4.79 Å². The predicted octanol–water partition coefficient (Wildman–Crippen LogP) is 4.75. The van der Waals surface area contributed by atoms with E-state index >= 15 is 0 Å². The number of ketones is 1. The highest BCUT2D eigenvalue weighted by Crippen LogP contribution is 2.48. The fraction of sp³-hybridized carbons (Fsp3) is 0.350. The minimum absolute atomic E-state index is 0.260. The van der Waals surface area contributed by atoms with Crippen LogP contribution < -0.4 is 0 Å². The third-order valence-corrected chi connectivity index (χ3v) is 4.89. The topological polar surface area (TPSA) is 17.1 Å². The Labute approximate surface area is 127 Å². The molecule has 0 atom stereocenters. The van der Waals surface area contributed by atoms with Crippen LogP contribution in [0.4, 0.5) is 0 Å². The maximum absolute atomic E-state index is 13.4. The molecule has 0 bridgehead atoms. The zero-order chi connectivity index (χ0) is 14.9. The Hall–Kier alpha value is -1.89. The minimum Gasteiger partial charge on any atom is -0.298 e. The second-order valence-corrected chi connectivity index (χ2v) is 6.70. The van der Waals surface area contributed by atoms with E-state index in [1.54, 1.807) is 0 Å². The van der Waals surface area contributed by atoms with Crippen LogP contribution in [0.15, 0.2) is 60.7 Å². The van der Waals surface area contributed by atoms with E-state index in [4.69, 9.17) is 0 Å². The molecule has 2 aromatic carbocycles. The normalized spacial score (nSPS) is 20.2. The summed E-state index contributed by atoms with van der Waals surface area (Å²) in [6.07, 6.45) is 2.97. The summed E-state index contributed by atoms with van der Waals surface area (Å²) in [6.45, 7) is 4.18. The minimum atomic E-state index is -0.482. The van der Waals surface area contributed by atoms with E-state index in [0.29, 0.717) is 5.78 Å². The molecule has 1 aliphatic carbocycles. The quantitative estimate of drug-likeness (QED) is 0.774. The summed E-state index contributed by atoms with van der Waals surface area (Å²) < 4.78 is 0. The first-order chi connectivity index (χ1) is 10.1. The molecule has 1 saturated carbocycles. The SMILES string of the molecule is CC1(C)CCCC(c2ccccc2)(c2ccccc2)C1=O. The summed E-state index contributed by atoms with van der Waals surface area (Å²) in [6, 6.07) is 20.6. The number of benzene rings is 2. The van der Waals surface area contributed by atoms with Crippen LogP contribution in [0.1, 0.15) is 44.2 Å². The Bertz CT molecular complexity index is 586. The Morgan fingerprint density at radius 1 is 0.762 bits per heavy atom. The molecule has 0 spiro atoms. The van der Waals surface area contributed by atoms with Crippen molar-refractivity contribution in [2.24, 2.45) is 5.41 Å². The lowest BCUT2D eigenvalue weighted by atomic mass is 9.57. The predicted molar refractivity (Wildman–Crippen MR) is 86.3 cm³/mol. The molecule has 2 aromatic rings. The van der Waals surface area contributed by atoms with Crippen LogP contribution in [0, 0.1) is 5.41 Å². The molecule has 3 rings (SSSR count). The van der Waals surface area contributed by atoms with Gasteiger partial charge in [0.05, 0.1) is 5.41 Å². The lowest BCUT2D eigenvalue weighted by Gasteiger charge is -2.44. The standard InChI is InChI=1S/C20H22O/c1-19(2)14-9-15-20(18(19)21,16-10-5-3-6-11-16)17-12-7-4-8-13-17/h3-8,10-13H,9,14-15H2,1-2H3. The van der Waals surface area contributed by atoms with Gasteiger partial charge in [0, 0.05) is 5.41 Å². The van der Waals surface area contributed by atoms with E-state index < -0.39 is 5.41 Å². The molecule has 0 amide bonds. The van der Waals surface area contributed by atoms with Crippen LogP contribution in [0.3, 0.4) is 0 Å². The summed E-state index contributed by atoms with van der Waals surface area (Å²) in [5.41, 5.74) is 1.52. The third kappa shape index (κ3) is 2.21. The molecule has 1 fully saturated rings. The van der Waals surface area contributed by atoms with Crippen LogP contribution >= 0.6 is 0 Å². The van der Waals surface area contributed by atoms with Crippen LogP contribution in [0.5, 0.6) is 0 Å². The third-order valence-electron chi connectivity index (χ3n) is 4.89. The molecule has 0 unspecified atom stereocenters. The Balaban J connectivity index is 2.24. The van der Waals surface area contributed by atoms with Crippen molar-refractivity contribution in [3.63, 3.8) is 0 Å². The van der Waals surface area contributed by atoms with Gasteiger partial charge in [-0.1, -0.05) is 80.9 Å². The smallest absolute Gasteiger partial charge is 0.153 e. The molecule has 1 aliphatic rings. The van der Waals surface area contributed by atoms with Gasteiger partial charge in [-0.25, -0.2) is 0 Å². The Kier molecular flexibility index (Phi) is 3.44. The van der Waals surface area contributed by atoms with E-state index in [-0.39, 0.29) is 5.41 Å². The Morgan fingerprint density at radius 3 is 1.71 bits per heavy atom. The first-order valence-electron chi connectivity index (χ1n) is 7.73. The van der Waals surface area contributed by atoms with Crippen LogP contribution in [-0.4, -0.2) is 5.78 Å².